The number of aliphatic hydroxyl groups is 1. The van der Waals surface area contributed by atoms with Crippen molar-refractivity contribution in [3.05, 3.63) is 72.4 Å². The molecule has 3 aromatic rings. The Bertz CT molecular complexity index is 1450. The molecule has 2 aliphatic rings. The number of hydrogen-bond donors (Lipinski definition) is 5. The second-order valence-electron chi connectivity index (χ2n) is 10.9. The molecule has 220 valence electrons. The molecule has 2 aromatic carbocycles. The Morgan fingerprint density at radius 1 is 1.12 bits per heavy atom. The van der Waals surface area contributed by atoms with Gasteiger partial charge in [0.15, 0.2) is 0 Å². The molecule has 0 aliphatic carbocycles. The number of rotatable bonds is 8. The Morgan fingerprint density at radius 3 is 2.67 bits per heavy atom. The average Bonchev–Trinajstić information content (AvgIpc) is 3.43. The van der Waals surface area contributed by atoms with Gasteiger partial charge in [-0.25, -0.2) is 0 Å². The van der Waals surface area contributed by atoms with Crippen LogP contribution in [0.1, 0.15) is 25.3 Å². The number of carbonyl (C=O) groups is 3. The Balaban J connectivity index is 1.28. The van der Waals surface area contributed by atoms with Crippen molar-refractivity contribution in [3.63, 3.8) is 0 Å². The second-order valence-corrected chi connectivity index (χ2v) is 10.9. The van der Waals surface area contributed by atoms with Crippen LogP contribution >= 0.6 is 0 Å². The number of carbonyl (C=O) groups excluding carboxylic acids is 3. The zero-order valence-corrected chi connectivity index (χ0v) is 23.6. The lowest BCUT2D eigenvalue weighted by Gasteiger charge is -2.36. The number of anilines is 1. The van der Waals surface area contributed by atoms with E-state index in [1.807, 2.05) is 65.6 Å². The molecule has 3 heterocycles. The maximum atomic E-state index is 13.7. The van der Waals surface area contributed by atoms with Crippen LogP contribution in [0, 0.1) is 5.41 Å². The number of aryl methyl sites for hydroxylation is 1. The number of pyridine rings is 1. The van der Waals surface area contributed by atoms with Gasteiger partial charge in [0.2, 0.25) is 17.7 Å². The first kappa shape index (κ1) is 29.2. The third kappa shape index (κ3) is 6.92. The smallest absolute Gasteiger partial charge is 0.249 e. The highest BCUT2D eigenvalue weighted by atomic mass is 16.3. The van der Waals surface area contributed by atoms with Crippen LogP contribution in [-0.4, -0.2) is 93.9 Å². The van der Waals surface area contributed by atoms with Crippen LogP contribution in [0.25, 0.3) is 10.9 Å². The van der Waals surface area contributed by atoms with Crippen molar-refractivity contribution < 1.29 is 19.5 Å². The summed E-state index contributed by atoms with van der Waals surface area (Å²) in [6, 6.07) is 17.1. The Labute approximate surface area is 244 Å². The normalized spacial score (nSPS) is 21.1. The first-order valence-corrected chi connectivity index (χ1v) is 14.3. The molecule has 5 rings (SSSR count). The molecule has 0 radical (unpaired) electrons. The Morgan fingerprint density at radius 2 is 1.88 bits per heavy atom. The van der Waals surface area contributed by atoms with Gasteiger partial charge in [-0.2, -0.15) is 0 Å². The van der Waals surface area contributed by atoms with Gasteiger partial charge >= 0.3 is 0 Å². The van der Waals surface area contributed by atoms with Crippen LogP contribution in [0.3, 0.4) is 0 Å². The lowest BCUT2D eigenvalue weighted by molar-refractivity contribution is -0.139. The summed E-state index contributed by atoms with van der Waals surface area (Å²) in [5.41, 5.74) is 2.34. The molecule has 4 unspecified atom stereocenters. The zero-order valence-electron chi connectivity index (χ0n) is 23.6. The number of aliphatic hydroxyl groups excluding tert-OH is 1. The highest BCUT2D eigenvalue weighted by molar-refractivity contribution is 5.99. The third-order valence-corrected chi connectivity index (χ3v) is 7.89. The molecule has 4 atom stereocenters. The molecule has 11 heteroatoms. The summed E-state index contributed by atoms with van der Waals surface area (Å²) >= 11 is 0. The van der Waals surface area contributed by atoms with E-state index in [9.17, 15) is 19.5 Å². The highest BCUT2D eigenvalue weighted by Crippen LogP contribution is 2.23. The van der Waals surface area contributed by atoms with Gasteiger partial charge in [-0.05, 0) is 43.9 Å². The molecule has 11 nitrogen and oxygen atoms in total. The summed E-state index contributed by atoms with van der Waals surface area (Å²) in [5.74, 6) is -0.787. The van der Waals surface area contributed by atoms with E-state index in [0.29, 0.717) is 37.6 Å². The van der Waals surface area contributed by atoms with Crippen molar-refractivity contribution in [2.24, 2.45) is 0 Å². The largest absolute Gasteiger partial charge is 0.383 e. The number of nitrogens with one attached hydrogen (secondary N) is 4. The van der Waals surface area contributed by atoms with E-state index in [1.165, 1.54) is 4.90 Å². The number of aromatic nitrogens is 1. The molecule has 0 bridgehead atoms. The maximum absolute atomic E-state index is 13.7. The summed E-state index contributed by atoms with van der Waals surface area (Å²) < 4.78 is 0. The van der Waals surface area contributed by atoms with Gasteiger partial charge in [0.25, 0.3) is 0 Å². The predicted molar refractivity (Wildman–Crippen MR) is 160 cm³/mol. The first-order valence-electron chi connectivity index (χ1n) is 14.3. The van der Waals surface area contributed by atoms with E-state index >= 15 is 0 Å². The van der Waals surface area contributed by atoms with Gasteiger partial charge in [-0.3, -0.25) is 24.8 Å². The Hall–Kier alpha value is -4.35. The van der Waals surface area contributed by atoms with Crippen LogP contribution in [-0.2, 0) is 20.8 Å². The van der Waals surface area contributed by atoms with Crippen molar-refractivity contribution in [2.75, 3.05) is 31.5 Å². The lowest BCUT2D eigenvalue weighted by atomic mass is 10.1. The summed E-state index contributed by atoms with van der Waals surface area (Å²) in [7, 11) is 0. The van der Waals surface area contributed by atoms with Crippen LogP contribution in [0.15, 0.2) is 66.9 Å². The van der Waals surface area contributed by atoms with Crippen molar-refractivity contribution >= 4 is 40.1 Å². The van der Waals surface area contributed by atoms with Crippen molar-refractivity contribution in [3.8, 4) is 0 Å². The van der Waals surface area contributed by atoms with Gasteiger partial charge in [0.05, 0.1) is 23.2 Å². The van der Waals surface area contributed by atoms with E-state index in [1.54, 1.807) is 13.1 Å². The fourth-order valence-electron chi connectivity index (χ4n) is 5.59. The minimum atomic E-state index is -1.21. The summed E-state index contributed by atoms with van der Waals surface area (Å²) in [6.45, 7) is 3.30. The number of benzene rings is 2. The molecule has 42 heavy (non-hydrogen) atoms. The minimum absolute atomic E-state index is 0.131. The summed E-state index contributed by atoms with van der Waals surface area (Å²) in [6.07, 6.45) is 1.38. The third-order valence-electron chi connectivity index (χ3n) is 7.89. The second kappa shape index (κ2) is 13.1. The fraction of sp³-hybridized carbons (Fsp3) is 0.387. The number of likely N-dealkylation sites (tertiary alicyclic amines) is 1. The monoisotopic (exact) mass is 571 g/mol. The summed E-state index contributed by atoms with van der Waals surface area (Å²) in [5, 5.41) is 28.4. The molecular weight excluding hydrogens is 534 g/mol. The highest BCUT2D eigenvalue weighted by Gasteiger charge is 2.43. The SMILES string of the molecule is CC(=N)N1CCNC(C(=O)N2CC(NC(=O)C(O)CCc3ccccc3)CC2C(=O)Nc2cnc3ccccc3c2)C1. The molecule has 2 fully saturated rings. The average molecular weight is 572 g/mol. The van der Waals surface area contributed by atoms with Gasteiger partial charge < -0.3 is 30.9 Å². The van der Waals surface area contributed by atoms with Gasteiger partial charge in [0.1, 0.15) is 18.2 Å². The van der Waals surface area contributed by atoms with E-state index in [-0.39, 0.29) is 31.2 Å². The number of nitrogens with zero attached hydrogens (tertiary/aromatic N) is 3. The fourth-order valence-corrected chi connectivity index (χ4v) is 5.59. The van der Waals surface area contributed by atoms with Gasteiger partial charge in [-0.15, -0.1) is 0 Å². The number of amidine groups is 1. The molecule has 5 N–H and O–H groups in total. The summed E-state index contributed by atoms with van der Waals surface area (Å²) in [4.78, 5) is 48.0. The van der Waals surface area contributed by atoms with Crippen LogP contribution in [0.5, 0.6) is 0 Å². The van der Waals surface area contributed by atoms with E-state index in [4.69, 9.17) is 5.41 Å². The molecular formula is C31H37N7O4. The Kier molecular flexibility index (Phi) is 9.09. The lowest BCUT2D eigenvalue weighted by Crippen LogP contribution is -2.60. The van der Waals surface area contributed by atoms with E-state index in [2.05, 4.69) is 20.9 Å². The van der Waals surface area contributed by atoms with Crippen LogP contribution < -0.4 is 16.0 Å². The minimum Gasteiger partial charge on any atom is -0.383 e. The van der Waals surface area contributed by atoms with Crippen LogP contribution in [0.2, 0.25) is 0 Å². The molecule has 3 amide bonds. The first-order chi connectivity index (χ1) is 20.3. The molecule has 2 saturated heterocycles. The standard InChI is InChI=1S/C31H37N7O4/c1-20(32)37-14-13-33-26(19-37)31(42)38-18-24(36-30(41)28(39)12-11-21-7-3-2-4-8-21)16-27(38)29(40)35-23-15-22-9-5-6-10-25(22)34-17-23/h2-10,15,17,24,26-28,32-33,39H,11-14,16,18-19H2,1H3,(H,35,40)(H,36,41). The van der Waals surface area contributed by atoms with Crippen molar-refractivity contribution in [1.29, 1.82) is 5.41 Å². The number of amides is 3. The topological polar surface area (TPSA) is 151 Å². The van der Waals surface area contributed by atoms with Crippen LogP contribution in [0.4, 0.5) is 5.69 Å². The molecule has 0 saturated carbocycles. The molecule has 2 aliphatic heterocycles. The number of hydrogen-bond acceptors (Lipinski definition) is 7. The van der Waals surface area contributed by atoms with Gasteiger partial charge in [-0.1, -0.05) is 48.5 Å². The number of para-hydroxylation sites is 1. The van der Waals surface area contributed by atoms with E-state index in [0.717, 1.165) is 16.5 Å². The zero-order chi connectivity index (χ0) is 29.6. The number of piperazine rings is 1. The van der Waals surface area contributed by atoms with Crippen molar-refractivity contribution in [1.82, 2.24) is 25.4 Å². The number of fused-ring (bicyclic) bond motifs is 1. The molecule has 0 spiro atoms. The predicted octanol–water partition coefficient (Wildman–Crippen LogP) is 1.52. The van der Waals surface area contributed by atoms with Gasteiger partial charge in [0, 0.05) is 37.6 Å². The molecule has 1 aromatic heterocycles. The maximum Gasteiger partial charge on any atom is 0.249 e. The quantitative estimate of drug-likeness (QED) is 0.203. The van der Waals surface area contributed by atoms with Crippen molar-refractivity contribution in [2.45, 2.75) is 50.4 Å². The van der Waals surface area contributed by atoms with E-state index < -0.39 is 30.1 Å².